The second kappa shape index (κ2) is 7.43. The van der Waals surface area contributed by atoms with Crippen molar-refractivity contribution in [2.75, 3.05) is 26.9 Å². The highest BCUT2D eigenvalue weighted by Gasteiger charge is 2.27. The van der Waals surface area contributed by atoms with Gasteiger partial charge in [0.15, 0.2) is 0 Å². The molecule has 0 aromatic heterocycles. The smallest absolute Gasteiger partial charge is 0.123 e. The van der Waals surface area contributed by atoms with E-state index in [1.165, 1.54) is 17.5 Å². The summed E-state index contributed by atoms with van der Waals surface area (Å²) >= 11 is 3.64. The van der Waals surface area contributed by atoms with Gasteiger partial charge in [0.05, 0.1) is 13.7 Å². The summed E-state index contributed by atoms with van der Waals surface area (Å²) in [5.74, 6) is 1.47. The number of aryl methyl sites for hydroxylation is 1. The van der Waals surface area contributed by atoms with Gasteiger partial charge >= 0.3 is 0 Å². The molecule has 3 nitrogen and oxygen atoms in total. The SMILES string of the molecule is CCNC(c1cc(Br)c(C)cc1OC)C1CCCOC1. The molecule has 1 N–H and O–H groups in total. The van der Waals surface area contributed by atoms with Gasteiger partial charge in [0.1, 0.15) is 5.75 Å². The van der Waals surface area contributed by atoms with Crippen LogP contribution in [0.15, 0.2) is 16.6 Å². The normalized spacial score (nSPS) is 20.7. The number of ether oxygens (including phenoxy) is 2. The molecule has 2 rings (SSSR count). The van der Waals surface area contributed by atoms with E-state index >= 15 is 0 Å². The summed E-state index contributed by atoms with van der Waals surface area (Å²) in [7, 11) is 1.74. The van der Waals surface area contributed by atoms with E-state index in [4.69, 9.17) is 9.47 Å². The van der Waals surface area contributed by atoms with Crippen LogP contribution in [-0.2, 0) is 4.74 Å². The standard InChI is InChI=1S/C16H24BrNO2/c1-4-18-16(12-6-5-7-20-10-12)13-9-14(17)11(2)8-15(13)19-3/h8-9,12,16,18H,4-7,10H2,1-3H3. The van der Waals surface area contributed by atoms with Gasteiger partial charge in [-0.25, -0.2) is 0 Å². The molecule has 1 aliphatic rings. The van der Waals surface area contributed by atoms with Gasteiger partial charge in [0, 0.05) is 28.6 Å². The molecule has 112 valence electrons. The van der Waals surface area contributed by atoms with Gasteiger partial charge in [0.25, 0.3) is 0 Å². The molecule has 1 fully saturated rings. The molecular weight excluding hydrogens is 318 g/mol. The second-order valence-corrected chi connectivity index (χ2v) is 6.21. The van der Waals surface area contributed by atoms with Gasteiger partial charge in [-0.1, -0.05) is 22.9 Å². The molecule has 1 aliphatic heterocycles. The van der Waals surface area contributed by atoms with Crippen LogP contribution >= 0.6 is 15.9 Å². The first-order valence-electron chi connectivity index (χ1n) is 7.32. The van der Waals surface area contributed by atoms with Gasteiger partial charge in [-0.2, -0.15) is 0 Å². The molecule has 1 aromatic carbocycles. The maximum absolute atomic E-state index is 5.67. The molecule has 1 saturated heterocycles. The van der Waals surface area contributed by atoms with Crippen molar-refractivity contribution in [1.82, 2.24) is 5.32 Å². The molecule has 0 radical (unpaired) electrons. The van der Waals surface area contributed by atoms with Crippen LogP contribution in [0, 0.1) is 12.8 Å². The average Bonchev–Trinajstić information content (AvgIpc) is 2.48. The van der Waals surface area contributed by atoms with Crippen molar-refractivity contribution in [1.29, 1.82) is 0 Å². The van der Waals surface area contributed by atoms with E-state index in [0.29, 0.717) is 5.92 Å². The van der Waals surface area contributed by atoms with Crippen LogP contribution in [0.3, 0.4) is 0 Å². The Morgan fingerprint density at radius 2 is 2.30 bits per heavy atom. The summed E-state index contributed by atoms with van der Waals surface area (Å²) in [4.78, 5) is 0. The number of hydrogen-bond donors (Lipinski definition) is 1. The fourth-order valence-corrected chi connectivity index (χ4v) is 3.23. The number of hydrogen-bond acceptors (Lipinski definition) is 3. The van der Waals surface area contributed by atoms with Crippen molar-refractivity contribution in [3.05, 3.63) is 27.7 Å². The Morgan fingerprint density at radius 1 is 1.50 bits per heavy atom. The Morgan fingerprint density at radius 3 is 2.90 bits per heavy atom. The first-order chi connectivity index (χ1) is 9.67. The minimum Gasteiger partial charge on any atom is -0.496 e. The molecule has 1 heterocycles. The number of nitrogens with one attached hydrogen (secondary N) is 1. The number of halogens is 1. The molecule has 0 bridgehead atoms. The molecule has 2 unspecified atom stereocenters. The quantitative estimate of drug-likeness (QED) is 0.882. The van der Waals surface area contributed by atoms with Crippen molar-refractivity contribution in [2.24, 2.45) is 5.92 Å². The van der Waals surface area contributed by atoms with Crippen LogP contribution in [0.5, 0.6) is 5.75 Å². The van der Waals surface area contributed by atoms with E-state index in [1.54, 1.807) is 7.11 Å². The fraction of sp³-hybridized carbons (Fsp3) is 0.625. The third-order valence-corrected chi connectivity index (χ3v) is 4.79. The van der Waals surface area contributed by atoms with Crippen LogP contribution in [0.25, 0.3) is 0 Å². The van der Waals surface area contributed by atoms with Gasteiger partial charge in [0.2, 0.25) is 0 Å². The first-order valence-corrected chi connectivity index (χ1v) is 8.11. The van der Waals surface area contributed by atoms with Crippen molar-refractivity contribution in [2.45, 2.75) is 32.7 Å². The summed E-state index contributed by atoms with van der Waals surface area (Å²) in [6, 6.07) is 4.58. The molecule has 4 heteroatoms. The Labute approximate surface area is 130 Å². The zero-order valence-electron chi connectivity index (χ0n) is 12.5. The highest BCUT2D eigenvalue weighted by molar-refractivity contribution is 9.10. The van der Waals surface area contributed by atoms with Crippen molar-refractivity contribution < 1.29 is 9.47 Å². The lowest BCUT2D eigenvalue weighted by Gasteiger charge is -2.32. The lowest BCUT2D eigenvalue weighted by atomic mass is 9.87. The molecule has 0 aliphatic carbocycles. The predicted octanol–water partition coefficient (Wildman–Crippen LogP) is 3.84. The molecule has 2 atom stereocenters. The van der Waals surface area contributed by atoms with Gasteiger partial charge in [-0.05, 0) is 44.0 Å². The number of methoxy groups -OCH3 is 1. The van der Waals surface area contributed by atoms with Crippen LogP contribution in [0.1, 0.15) is 36.9 Å². The lowest BCUT2D eigenvalue weighted by molar-refractivity contribution is 0.0389. The fourth-order valence-electron chi connectivity index (χ4n) is 2.87. The largest absolute Gasteiger partial charge is 0.496 e. The van der Waals surface area contributed by atoms with E-state index in [-0.39, 0.29) is 6.04 Å². The summed E-state index contributed by atoms with van der Waals surface area (Å²) in [5, 5.41) is 3.61. The summed E-state index contributed by atoms with van der Waals surface area (Å²) in [6.45, 7) is 6.89. The predicted molar refractivity (Wildman–Crippen MR) is 85.4 cm³/mol. The monoisotopic (exact) mass is 341 g/mol. The minimum atomic E-state index is 0.284. The Hall–Kier alpha value is -0.580. The molecular formula is C16H24BrNO2. The molecule has 0 saturated carbocycles. The molecule has 0 amide bonds. The van der Waals surface area contributed by atoms with E-state index in [2.05, 4.69) is 47.2 Å². The van der Waals surface area contributed by atoms with Gasteiger partial charge in [-0.15, -0.1) is 0 Å². The van der Waals surface area contributed by atoms with E-state index in [9.17, 15) is 0 Å². The van der Waals surface area contributed by atoms with Crippen LogP contribution < -0.4 is 10.1 Å². The van der Waals surface area contributed by atoms with Gasteiger partial charge < -0.3 is 14.8 Å². The third kappa shape index (κ3) is 3.54. The maximum atomic E-state index is 5.67. The summed E-state index contributed by atoms with van der Waals surface area (Å²) < 4.78 is 12.4. The maximum Gasteiger partial charge on any atom is 0.123 e. The Balaban J connectivity index is 2.34. The van der Waals surface area contributed by atoms with Crippen LogP contribution in [0.4, 0.5) is 0 Å². The van der Waals surface area contributed by atoms with Crippen molar-refractivity contribution >= 4 is 15.9 Å². The van der Waals surface area contributed by atoms with Gasteiger partial charge in [-0.3, -0.25) is 0 Å². The topological polar surface area (TPSA) is 30.5 Å². The van der Waals surface area contributed by atoms with Crippen LogP contribution in [0.2, 0.25) is 0 Å². The first kappa shape index (κ1) is 15.8. The van der Waals surface area contributed by atoms with E-state index in [0.717, 1.165) is 36.4 Å². The Bertz CT molecular complexity index is 444. The van der Waals surface area contributed by atoms with E-state index in [1.807, 2.05) is 0 Å². The minimum absolute atomic E-state index is 0.284. The average molecular weight is 342 g/mol. The van der Waals surface area contributed by atoms with E-state index < -0.39 is 0 Å². The molecule has 20 heavy (non-hydrogen) atoms. The third-order valence-electron chi connectivity index (χ3n) is 3.94. The highest BCUT2D eigenvalue weighted by Crippen LogP contribution is 2.37. The zero-order chi connectivity index (χ0) is 14.5. The second-order valence-electron chi connectivity index (χ2n) is 5.36. The Kier molecular flexibility index (Phi) is 5.87. The summed E-state index contributed by atoms with van der Waals surface area (Å²) in [6.07, 6.45) is 2.34. The lowest BCUT2D eigenvalue weighted by Crippen LogP contribution is -2.33. The number of rotatable bonds is 5. The summed E-state index contributed by atoms with van der Waals surface area (Å²) in [5.41, 5.74) is 2.42. The number of benzene rings is 1. The molecule has 0 spiro atoms. The highest BCUT2D eigenvalue weighted by atomic mass is 79.9. The van der Waals surface area contributed by atoms with Crippen molar-refractivity contribution in [3.63, 3.8) is 0 Å². The molecule has 1 aromatic rings. The van der Waals surface area contributed by atoms with Crippen LogP contribution in [-0.4, -0.2) is 26.9 Å². The van der Waals surface area contributed by atoms with Crippen molar-refractivity contribution in [3.8, 4) is 5.75 Å². The zero-order valence-corrected chi connectivity index (χ0v) is 14.1.